The first kappa shape index (κ1) is 30.2. The molecule has 0 rings (SSSR count). The Kier molecular flexibility index (Phi) is 14.6. The number of rotatable bonds is 17. The highest BCUT2D eigenvalue weighted by molar-refractivity contribution is 5.94. The fourth-order valence-electron chi connectivity index (χ4n) is 2.88. The lowest BCUT2D eigenvalue weighted by molar-refractivity contribution is -0.143. The number of aliphatic carboxylic acids is 1. The number of unbranched alkanes of at least 4 members (excludes halogenated alkanes) is 1. The van der Waals surface area contributed by atoms with Crippen LogP contribution in [0.1, 0.15) is 52.4 Å². The van der Waals surface area contributed by atoms with E-state index >= 15 is 0 Å². The van der Waals surface area contributed by atoms with Gasteiger partial charge in [-0.05, 0) is 31.7 Å². The van der Waals surface area contributed by atoms with Gasteiger partial charge in [-0.3, -0.25) is 19.2 Å². The summed E-state index contributed by atoms with van der Waals surface area (Å²) in [7, 11) is 0. The number of hydrogen-bond donors (Lipinski definition) is 8. The van der Waals surface area contributed by atoms with Crippen molar-refractivity contribution in [2.75, 3.05) is 13.2 Å². The lowest BCUT2D eigenvalue weighted by Crippen LogP contribution is -2.59. The van der Waals surface area contributed by atoms with Crippen molar-refractivity contribution in [1.29, 1.82) is 0 Å². The number of carboxylic acids is 1. The molecule has 5 atom stereocenters. The number of nitrogens with one attached hydrogen (secondary N) is 3. The molecule has 0 aromatic heterocycles. The van der Waals surface area contributed by atoms with Crippen LogP contribution in [0.25, 0.3) is 0 Å². The smallest absolute Gasteiger partial charge is 0.328 e. The zero-order chi connectivity index (χ0) is 25.6. The second-order valence-corrected chi connectivity index (χ2v) is 7.91. The first-order chi connectivity index (χ1) is 15.5. The molecule has 13 nitrogen and oxygen atoms in total. The van der Waals surface area contributed by atoms with Crippen molar-refractivity contribution in [3.8, 4) is 0 Å². The third-order valence-corrected chi connectivity index (χ3v) is 5.21. The fourth-order valence-corrected chi connectivity index (χ4v) is 2.88. The maximum atomic E-state index is 13.0. The van der Waals surface area contributed by atoms with Gasteiger partial charge in [-0.1, -0.05) is 26.7 Å². The molecular weight excluding hydrogens is 436 g/mol. The van der Waals surface area contributed by atoms with E-state index in [1.165, 1.54) is 0 Å². The van der Waals surface area contributed by atoms with E-state index in [0.717, 1.165) is 0 Å². The summed E-state index contributed by atoms with van der Waals surface area (Å²) in [5.74, 6) is -4.68. The average molecular weight is 475 g/mol. The van der Waals surface area contributed by atoms with Crippen LogP contribution in [0.15, 0.2) is 0 Å². The van der Waals surface area contributed by atoms with E-state index < -0.39 is 60.4 Å². The molecular formula is C20H38N6O7. The Hall–Kier alpha value is -2.77. The van der Waals surface area contributed by atoms with Gasteiger partial charge in [0.05, 0.1) is 12.6 Å². The van der Waals surface area contributed by atoms with E-state index in [1.54, 1.807) is 6.92 Å². The van der Waals surface area contributed by atoms with Crippen molar-refractivity contribution >= 4 is 29.6 Å². The minimum Gasteiger partial charge on any atom is -0.480 e. The van der Waals surface area contributed by atoms with E-state index in [2.05, 4.69) is 16.0 Å². The molecule has 0 saturated heterocycles. The summed E-state index contributed by atoms with van der Waals surface area (Å²) in [5, 5.41) is 25.3. The van der Waals surface area contributed by atoms with Crippen molar-refractivity contribution in [2.45, 2.75) is 76.5 Å². The minimum atomic E-state index is -1.60. The number of primary amides is 1. The molecule has 190 valence electrons. The van der Waals surface area contributed by atoms with Crippen LogP contribution in [-0.4, -0.2) is 77.1 Å². The van der Waals surface area contributed by atoms with Crippen LogP contribution in [0.2, 0.25) is 0 Å². The fraction of sp³-hybridized carbons (Fsp3) is 0.750. The molecule has 0 saturated carbocycles. The summed E-state index contributed by atoms with van der Waals surface area (Å²) in [6.45, 7) is 3.15. The van der Waals surface area contributed by atoms with E-state index in [0.29, 0.717) is 32.2 Å². The van der Waals surface area contributed by atoms with Crippen molar-refractivity contribution in [3.63, 3.8) is 0 Å². The zero-order valence-corrected chi connectivity index (χ0v) is 19.2. The zero-order valence-electron chi connectivity index (χ0n) is 19.2. The van der Waals surface area contributed by atoms with Gasteiger partial charge in [-0.15, -0.1) is 0 Å². The summed E-state index contributed by atoms with van der Waals surface area (Å²) in [5.41, 5.74) is 16.5. The molecule has 0 aromatic carbocycles. The van der Waals surface area contributed by atoms with Crippen LogP contribution in [-0.2, 0) is 24.0 Å². The van der Waals surface area contributed by atoms with E-state index in [1.807, 2.05) is 6.92 Å². The van der Waals surface area contributed by atoms with Crippen LogP contribution in [0.5, 0.6) is 0 Å². The van der Waals surface area contributed by atoms with Crippen LogP contribution in [0.3, 0.4) is 0 Å². The molecule has 4 amide bonds. The number of amides is 4. The third-order valence-electron chi connectivity index (χ3n) is 5.21. The number of carbonyl (C=O) groups excluding carboxylic acids is 4. The number of carboxylic acid groups (broad SMARTS) is 1. The van der Waals surface area contributed by atoms with Gasteiger partial charge in [0.2, 0.25) is 23.6 Å². The van der Waals surface area contributed by atoms with Gasteiger partial charge in [-0.25, -0.2) is 4.79 Å². The Balaban J connectivity index is 5.44. The largest absolute Gasteiger partial charge is 0.480 e. The Morgan fingerprint density at radius 3 is 2.00 bits per heavy atom. The van der Waals surface area contributed by atoms with Gasteiger partial charge in [0.15, 0.2) is 0 Å². The Labute approximate surface area is 193 Å². The quantitative estimate of drug-likeness (QED) is 0.102. The number of aliphatic hydroxyl groups excluding tert-OH is 1. The van der Waals surface area contributed by atoms with Gasteiger partial charge in [0.1, 0.15) is 18.1 Å². The number of aliphatic hydroxyl groups is 1. The highest BCUT2D eigenvalue weighted by Crippen LogP contribution is 2.10. The molecule has 0 aromatic rings. The Morgan fingerprint density at radius 2 is 1.52 bits per heavy atom. The van der Waals surface area contributed by atoms with Gasteiger partial charge >= 0.3 is 5.97 Å². The normalized spacial score (nSPS) is 15.4. The predicted molar refractivity (Wildman–Crippen MR) is 119 cm³/mol. The monoisotopic (exact) mass is 474 g/mol. The van der Waals surface area contributed by atoms with Gasteiger partial charge < -0.3 is 43.4 Å². The first-order valence-corrected chi connectivity index (χ1v) is 11.0. The molecule has 5 unspecified atom stereocenters. The second-order valence-electron chi connectivity index (χ2n) is 7.91. The van der Waals surface area contributed by atoms with Crippen molar-refractivity contribution in [2.24, 2.45) is 23.1 Å². The summed E-state index contributed by atoms with van der Waals surface area (Å²) in [6, 6.07) is -4.78. The number of carbonyl (C=O) groups is 5. The second kappa shape index (κ2) is 15.9. The maximum Gasteiger partial charge on any atom is 0.328 e. The maximum absolute atomic E-state index is 13.0. The Bertz CT molecular complexity index is 675. The summed E-state index contributed by atoms with van der Waals surface area (Å²) < 4.78 is 0. The number of nitrogens with two attached hydrogens (primary N) is 3. The topological polar surface area (TPSA) is 240 Å². The summed E-state index contributed by atoms with van der Waals surface area (Å²) in [6.07, 6.45) is 1.80. The highest BCUT2D eigenvalue weighted by Gasteiger charge is 2.32. The molecule has 0 radical (unpaired) electrons. The lowest BCUT2D eigenvalue weighted by atomic mass is 9.96. The van der Waals surface area contributed by atoms with Gasteiger partial charge in [-0.2, -0.15) is 0 Å². The highest BCUT2D eigenvalue weighted by atomic mass is 16.4. The molecule has 0 fully saturated rings. The minimum absolute atomic E-state index is 0.204. The predicted octanol–water partition coefficient (Wildman–Crippen LogP) is -2.71. The molecule has 11 N–H and O–H groups in total. The first-order valence-electron chi connectivity index (χ1n) is 11.0. The van der Waals surface area contributed by atoms with Crippen molar-refractivity contribution in [3.05, 3.63) is 0 Å². The van der Waals surface area contributed by atoms with Crippen LogP contribution < -0.4 is 33.2 Å². The average Bonchev–Trinajstić information content (AvgIpc) is 2.76. The van der Waals surface area contributed by atoms with E-state index in [9.17, 15) is 24.0 Å². The van der Waals surface area contributed by atoms with E-state index in [4.69, 9.17) is 27.4 Å². The van der Waals surface area contributed by atoms with Crippen LogP contribution in [0.4, 0.5) is 0 Å². The van der Waals surface area contributed by atoms with E-state index in [-0.39, 0.29) is 18.8 Å². The number of hydrogen-bond acceptors (Lipinski definition) is 8. The summed E-state index contributed by atoms with van der Waals surface area (Å²) in [4.78, 5) is 60.3. The molecule has 0 aliphatic rings. The molecule has 33 heavy (non-hydrogen) atoms. The SMILES string of the molecule is CCC(C)C(NC(=O)C(N)CCCCN)C(=O)NC(CCC(N)=O)C(=O)NC(CO)C(=O)O. The molecule has 0 heterocycles. The van der Waals surface area contributed by atoms with Crippen LogP contribution >= 0.6 is 0 Å². The lowest BCUT2D eigenvalue weighted by Gasteiger charge is -2.27. The van der Waals surface area contributed by atoms with Crippen molar-refractivity contribution < 1.29 is 34.2 Å². The van der Waals surface area contributed by atoms with Gasteiger partial charge in [0, 0.05) is 6.42 Å². The summed E-state index contributed by atoms with van der Waals surface area (Å²) >= 11 is 0. The molecule has 13 heteroatoms. The third kappa shape index (κ3) is 11.6. The molecule has 0 aliphatic carbocycles. The molecule has 0 aliphatic heterocycles. The van der Waals surface area contributed by atoms with Crippen LogP contribution in [0, 0.1) is 5.92 Å². The standard InChI is InChI=1S/C20H38N6O7/c1-3-11(2)16(26-17(29)12(22)6-4-5-9-21)19(31)24-13(7-8-15(23)28)18(30)25-14(10-27)20(32)33/h11-14,16,27H,3-10,21-22H2,1-2H3,(H2,23,28)(H,24,31)(H,25,30)(H,26,29)(H,32,33). The molecule has 0 bridgehead atoms. The van der Waals surface area contributed by atoms with Crippen molar-refractivity contribution in [1.82, 2.24) is 16.0 Å². The molecule has 0 spiro atoms. The Morgan fingerprint density at radius 1 is 0.909 bits per heavy atom. The van der Waals surface area contributed by atoms with Gasteiger partial charge in [0.25, 0.3) is 0 Å².